The fraction of sp³-hybridized carbons (Fsp3) is 0.300. The zero-order valence-corrected chi connectivity index (χ0v) is 16.0. The average Bonchev–Trinajstić information content (AvgIpc) is 2.57. The van der Waals surface area contributed by atoms with Crippen molar-refractivity contribution in [1.82, 2.24) is 5.32 Å². The van der Waals surface area contributed by atoms with Crippen LogP contribution in [-0.2, 0) is 4.79 Å². The quantitative estimate of drug-likeness (QED) is 0.698. The van der Waals surface area contributed by atoms with Gasteiger partial charge in [-0.1, -0.05) is 44.2 Å². The molecule has 0 saturated carbocycles. The van der Waals surface area contributed by atoms with Gasteiger partial charge in [0.15, 0.2) is 5.11 Å². The van der Waals surface area contributed by atoms with Gasteiger partial charge in [0.1, 0.15) is 0 Å². The van der Waals surface area contributed by atoms with Crippen molar-refractivity contribution in [3.8, 4) is 0 Å². The molecule has 0 saturated heterocycles. The van der Waals surface area contributed by atoms with E-state index in [1.165, 1.54) is 5.56 Å². The second-order valence-electron chi connectivity index (χ2n) is 6.40. The molecule has 2 aromatic carbocycles. The van der Waals surface area contributed by atoms with Crippen LogP contribution in [0.25, 0.3) is 0 Å². The van der Waals surface area contributed by atoms with Crippen molar-refractivity contribution in [1.29, 1.82) is 0 Å². The third-order valence-corrected chi connectivity index (χ3v) is 4.24. The maximum atomic E-state index is 12.1. The van der Waals surface area contributed by atoms with Crippen molar-refractivity contribution in [3.05, 3.63) is 59.2 Å². The molecule has 4 nitrogen and oxygen atoms in total. The minimum atomic E-state index is -0.128. The maximum Gasteiger partial charge on any atom is 0.243 e. The number of nitrogens with one attached hydrogen (secondary N) is 3. The average molecular weight is 356 g/mol. The molecule has 2 rings (SSSR count). The Kier molecular flexibility index (Phi) is 6.53. The van der Waals surface area contributed by atoms with E-state index in [1.54, 1.807) is 0 Å². The molecule has 132 valence electrons. The Balaban J connectivity index is 1.84. The Hall–Kier alpha value is -2.40. The third-order valence-electron chi connectivity index (χ3n) is 3.99. The predicted molar refractivity (Wildman–Crippen MR) is 109 cm³/mol. The standard InChI is InChI=1S/C20H25N3OS/c1-13(2)16-8-10-17(11-9-16)22-20(25)21-12-18(24)23-19-14(3)6-5-7-15(19)4/h5-11,13H,12H2,1-4H3,(H,23,24)(H2,21,22,25). The minimum absolute atomic E-state index is 0.115. The smallest absolute Gasteiger partial charge is 0.243 e. The van der Waals surface area contributed by atoms with Gasteiger partial charge < -0.3 is 16.0 Å². The topological polar surface area (TPSA) is 53.2 Å². The SMILES string of the molecule is Cc1cccc(C)c1NC(=O)CNC(=S)Nc1ccc(C(C)C)cc1. The summed E-state index contributed by atoms with van der Waals surface area (Å²) < 4.78 is 0. The monoisotopic (exact) mass is 355 g/mol. The molecule has 0 atom stereocenters. The highest BCUT2D eigenvalue weighted by Crippen LogP contribution is 2.19. The Labute approximate surface area is 155 Å². The number of carbonyl (C=O) groups is 1. The lowest BCUT2D eigenvalue weighted by Crippen LogP contribution is -2.35. The number of amides is 1. The molecule has 0 aromatic heterocycles. The van der Waals surface area contributed by atoms with Crippen LogP contribution in [0.3, 0.4) is 0 Å². The van der Waals surface area contributed by atoms with Gasteiger partial charge in [-0.25, -0.2) is 0 Å². The molecule has 0 bridgehead atoms. The summed E-state index contributed by atoms with van der Waals surface area (Å²) in [5.74, 6) is 0.365. The normalized spacial score (nSPS) is 10.4. The molecule has 0 unspecified atom stereocenters. The van der Waals surface area contributed by atoms with E-state index >= 15 is 0 Å². The number of para-hydroxylation sites is 1. The van der Waals surface area contributed by atoms with Crippen LogP contribution in [0, 0.1) is 13.8 Å². The first kappa shape index (κ1) is 18.9. The zero-order chi connectivity index (χ0) is 18.4. The number of hydrogen-bond acceptors (Lipinski definition) is 2. The van der Waals surface area contributed by atoms with Gasteiger partial charge in [0, 0.05) is 11.4 Å². The van der Waals surface area contributed by atoms with Gasteiger partial charge in [-0.2, -0.15) is 0 Å². The molecular weight excluding hydrogens is 330 g/mol. The summed E-state index contributed by atoms with van der Waals surface area (Å²) in [6.07, 6.45) is 0. The minimum Gasteiger partial charge on any atom is -0.353 e. The van der Waals surface area contributed by atoms with Crippen molar-refractivity contribution >= 4 is 34.6 Å². The van der Waals surface area contributed by atoms with Crippen molar-refractivity contribution in [2.45, 2.75) is 33.6 Å². The molecule has 3 N–H and O–H groups in total. The first-order valence-corrected chi connectivity index (χ1v) is 8.78. The predicted octanol–water partition coefficient (Wildman–Crippen LogP) is 4.35. The largest absolute Gasteiger partial charge is 0.353 e. The van der Waals surface area contributed by atoms with Crippen LogP contribution in [0.2, 0.25) is 0 Å². The molecule has 0 aliphatic carbocycles. The molecule has 0 radical (unpaired) electrons. The van der Waals surface area contributed by atoms with Gasteiger partial charge in [-0.05, 0) is 60.8 Å². The number of hydrogen-bond donors (Lipinski definition) is 3. The van der Waals surface area contributed by atoms with Crippen molar-refractivity contribution in [2.24, 2.45) is 0 Å². The lowest BCUT2D eigenvalue weighted by Gasteiger charge is -2.14. The molecule has 0 aliphatic rings. The van der Waals surface area contributed by atoms with Gasteiger partial charge in [-0.3, -0.25) is 4.79 Å². The molecule has 25 heavy (non-hydrogen) atoms. The summed E-state index contributed by atoms with van der Waals surface area (Å²) in [6.45, 7) is 8.38. The van der Waals surface area contributed by atoms with E-state index in [9.17, 15) is 4.79 Å². The Morgan fingerprint density at radius 2 is 1.60 bits per heavy atom. The van der Waals surface area contributed by atoms with Crippen LogP contribution in [0.5, 0.6) is 0 Å². The number of benzene rings is 2. The van der Waals surface area contributed by atoms with Crippen LogP contribution in [0.1, 0.15) is 36.5 Å². The van der Waals surface area contributed by atoms with Crippen LogP contribution in [-0.4, -0.2) is 17.6 Å². The Bertz CT molecular complexity index is 734. The summed E-state index contributed by atoms with van der Waals surface area (Å²) >= 11 is 5.25. The maximum absolute atomic E-state index is 12.1. The number of thiocarbonyl (C=S) groups is 1. The molecule has 5 heteroatoms. The molecule has 1 amide bonds. The third kappa shape index (κ3) is 5.57. The summed E-state index contributed by atoms with van der Waals surface area (Å²) in [5, 5.41) is 9.38. The van der Waals surface area contributed by atoms with Gasteiger partial charge >= 0.3 is 0 Å². The summed E-state index contributed by atoms with van der Waals surface area (Å²) in [4.78, 5) is 12.1. The highest BCUT2D eigenvalue weighted by atomic mass is 32.1. The summed E-state index contributed by atoms with van der Waals surface area (Å²) in [5.41, 5.74) is 5.12. The highest BCUT2D eigenvalue weighted by Gasteiger charge is 2.08. The molecule has 0 fully saturated rings. The van der Waals surface area contributed by atoms with E-state index in [2.05, 4.69) is 41.9 Å². The van der Waals surface area contributed by atoms with E-state index in [4.69, 9.17) is 12.2 Å². The second kappa shape index (κ2) is 8.62. The summed E-state index contributed by atoms with van der Waals surface area (Å²) in [7, 11) is 0. The fourth-order valence-electron chi connectivity index (χ4n) is 2.48. The lowest BCUT2D eigenvalue weighted by atomic mass is 10.0. The number of anilines is 2. The molecule has 0 spiro atoms. The van der Waals surface area contributed by atoms with Crippen molar-refractivity contribution in [3.63, 3.8) is 0 Å². The fourth-order valence-corrected chi connectivity index (χ4v) is 2.67. The lowest BCUT2D eigenvalue weighted by molar-refractivity contribution is -0.115. The van der Waals surface area contributed by atoms with E-state index in [0.29, 0.717) is 11.0 Å². The van der Waals surface area contributed by atoms with Crippen LogP contribution >= 0.6 is 12.2 Å². The van der Waals surface area contributed by atoms with Crippen molar-refractivity contribution < 1.29 is 4.79 Å². The molecule has 2 aromatic rings. The van der Waals surface area contributed by atoms with Gasteiger partial charge in [0.05, 0.1) is 6.54 Å². The zero-order valence-electron chi connectivity index (χ0n) is 15.1. The van der Waals surface area contributed by atoms with Crippen LogP contribution < -0.4 is 16.0 Å². The molecular formula is C20H25N3OS. The van der Waals surface area contributed by atoms with Gasteiger partial charge in [0.2, 0.25) is 5.91 Å². The first-order chi connectivity index (χ1) is 11.9. The van der Waals surface area contributed by atoms with E-state index in [1.807, 2.05) is 44.2 Å². The second-order valence-corrected chi connectivity index (χ2v) is 6.81. The first-order valence-electron chi connectivity index (χ1n) is 8.37. The molecule has 0 aliphatic heterocycles. The number of rotatable bonds is 5. The van der Waals surface area contributed by atoms with E-state index in [0.717, 1.165) is 22.5 Å². The van der Waals surface area contributed by atoms with Crippen LogP contribution in [0.15, 0.2) is 42.5 Å². The molecule has 0 heterocycles. The van der Waals surface area contributed by atoms with Crippen LogP contribution in [0.4, 0.5) is 11.4 Å². The Morgan fingerprint density at radius 3 is 2.16 bits per heavy atom. The number of carbonyl (C=O) groups excluding carboxylic acids is 1. The van der Waals surface area contributed by atoms with E-state index in [-0.39, 0.29) is 12.5 Å². The number of aryl methyl sites for hydroxylation is 2. The highest BCUT2D eigenvalue weighted by molar-refractivity contribution is 7.80. The van der Waals surface area contributed by atoms with Gasteiger partial charge in [0.25, 0.3) is 0 Å². The van der Waals surface area contributed by atoms with Crippen molar-refractivity contribution in [2.75, 3.05) is 17.2 Å². The van der Waals surface area contributed by atoms with Gasteiger partial charge in [-0.15, -0.1) is 0 Å². The Morgan fingerprint density at radius 1 is 1.00 bits per heavy atom. The van der Waals surface area contributed by atoms with E-state index < -0.39 is 0 Å². The summed E-state index contributed by atoms with van der Waals surface area (Å²) in [6, 6.07) is 14.0.